The highest BCUT2D eigenvalue weighted by molar-refractivity contribution is 6.01. The summed E-state index contributed by atoms with van der Waals surface area (Å²) in [7, 11) is 0. The standard InChI is InChI=1S/C15H15NO/c1-11-7-5-6-10-13(11)15(17)14(16)12-8-3-2-4-9-12/h2-10,14H,16H2,1H3. The van der Waals surface area contributed by atoms with Crippen molar-refractivity contribution in [1.29, 1.82) is 0 Å². The van der Waals surface area contributed by atoms with E-state index in [-0.39, 0.29) is 5.78 Å². The van der Waals surface area contributed by atoms with Crippen LogP contribution in [0.3, 0.4) is 0 Å². The molecule has 1 atom stereocenters. The molecule has 0 amide bonds. The van der Waals surface area contributed by atoms with Crippen LogP contribution in [0.1, 0.15) is 27.5 Å². The molecule has 2 heteroatoms. The summed E-state index contributed by atoms with van der Waals surface area (Å²) in [6.07, 6.45) is 0. The number of rotatable bonds is 3. The summed E-state index contributed by atoms with van der Waals surface area (Å²) in [5.41, 5.74) is 8.50. The molecule has 17 heavy (non-hydrogen) atoms. The third kappa shape index (κ3) is 2.43. The quantitative estimate of drug-likeness (QED) is 0.816. The Morgan fingerprint density at radius 2 is 1.59 bits per heavy atom. The second-order valence-electron chi connectivity index (χ2n) is 4.07. The molecule has 2 aromatic carbocycles. The molecule has 0 aromatic heterocycles. The zero-order chi connectivity index (χ0) is 12.3. The maximum Gasteiger partial charge on any atom is 0.184 e. The van der Waals surface area contributed by atoms with Gasteiger partial charge >= 0.3 is 0 Å². The molecule has 0 saturated heterocycles. The normalized spacial score (nSPS) is 12.1. The third-order valence-corrected chi connectivity index (χ3v) is 2.85. The number of carbonyl (C=O) groups excluding carboxylic acids is 1. The Balaban J connectivity index is 2.30. The first-order chi connectivity index (χ1) is 8.20. The van der Waals surface area contributed by atoms with Crippen molar-refractivity contribution in [3.8, 4) is 0 Å². The van der Waals surface area contributed by atoms with E-state index in [2.05, 4.69) is 0 Å². The van der Waals surface area contributed by atoms with Crippen LogP contribution in [0.5, 0.6) is 0 Å². The van der Waals surface area contributed by atoms with Gasteiger partial charge in [-0.2, -0.15) is 0 Å². The van der Waals surface area contributed by atoms with E-state index in [9.17, 15) is 4.79 Å². The lowest BCUT2D eigenvalue weighted by molar-refractivity contribution is 0.0960. The predicted octanol–water partition coefficient (Wildman–Crippen LogP) is 2.88. The molecule has 0 bridgehead atoms. The van der Waals surface area contributed by atoms with Crippen LogP contribution in [-0.2, 0) is 0 Å². The molecule has 0 aliphatic carbocycles. The SMILES string of the molecule is Cc1ccccc1C(=O)C(N)c1ccccc1. The molecule has 0 saturated carbocycles. The lowest BCUT2D eigenvalue weighted by atomic mass is 9.95. The van der Waals surface area contributed by atoms with Crippen LogP contribution >= 0.6 is 0 Å². The number of ketones is 1. The summed E-state index contributed by atoms with van der Waals surface area (Å²) in [5.74, 6) is -0.0331. The molecule has 0 fully saturated rings. The summed E-state index contributed by atoms with van der Waals surface area (Å²) in [5, 5.41) is 0. The predicted molar refractivity (Wildman–Crippen MR) is 68.9 cm³/mol. The van der Waals surface area contributed by atoms with Crippen LogP contribution in [-0.4, -0.2) is 5.78 Å². The fraction of sp³-hybridized carbons (Fsp3) is 0.133. The molecule has 0 aliphatic heterocycles. The van der Waals surface area contributed by atoms with Crippen molar-refractivity contribution in [3.63, 3.8) is 0 Å². The highest BCUT2D eigenvalue weighted by Crippen LogP contribution is 2.18. The van der Waals surface area contributed by atoms with Crippen molar-refractivity contribution < 1.29 is 4.79 Å². The van der Waals surface area contributed by atoms with Gasteiger partial charge in [0.2, 0.25) is 0 Å². The molecule has 86 valence electrons. The molecule has 0 spiro atoms. The van der Waals surface area contributed by atoms with Crippen molar-refractivity contribution >= 4 is 5.78 Å². The van der Waals surface area contributed by atoms with Crippen LogP contribution in [0.15, 0.2) is 54.6 Å². The van der Waals surface area contributed by atoms with Gasteiger partial charge in [0.15, 0.2) is 5.78 Å². The average molecular weight is 225 g/mol. The van der Waals surface area contributed by atoms with Crippen LogP contribution in [0.4, 0.5) is 0 Å². The first-order valence-electron chi connectivity index (χ1n) is 5.60. The maximum absolute atomic E-state index is 12.2. The number of carbonyl (C=O) groups is 1. The second kappa shape index (κ2) is 4.93. The Morgan fingerprint density at radius 3 is 2.24 bits per heavy atom. The van der Waals surface area contributed by atoms with E-state index in [4.69, 9.17) is 5.73 Å². The third-order valence-electron chi connectivity index (χ3n) is 2.85. The van der Waals surface area contributed by atoms with E-state index < -0.39 is 6.04 Å². The first-order valence-corrected chi connectivity index (χ1v) is 5.60. The summed E-state index contributed by atoms with van der Waals surface area (Å²) in [6, 6.07) is 16.4. The molecular weight excluding hydrogens is 210 g/mol. The van der Waals surface area contributed by atoms with Crippen molar-refractivity contribution in [2.24, 2.45) is 5.73 Å². The Kier molecular flexibility index (Phi) is 3.35. The summed E-state index contributed by atoms with van der Waals surface area (Å²) in [6.45, 7) is 1.92. The fourth-order valence-corrected chi connectivity index (χ4v) is 1.83. The molecule has 0 aliphatic rings. The molecular formula is C15H15NO. The Morgan fingerprint density at radius 1 is 1.00 bits per heavy atom. The van der Waals surface area contributed by atoms with Crippen molar-refractivity contribution in [2.75, 3.05) is 0 Å². The highest BCUT2D eigenvalue weighted by Gasteiger charge is 2.18. The van der Waals surface area contributed by atoms with E-state index in [0.29, 0.717) is 5.56 Å². The van der Waals surface area contributed by atoms with Crippen LogP contribution in [0.2, 0.25) is 0 Å². The Hall–Kier alpha value is -1.93. The number of hydrogen-bond acceptors (Lipinski definition) is 2. The summed E-state index contributed by atoms with van der Waals surface area (Å²) >= 11 is 0. The highest BCUT2D eigenvalue weighted by atomic mass is 16.1. The van der Waals surface area contributed by atoms with Gasteiger partial charge in [0.05, 0.1) is 6.04 Å². The van der Waals surface area contributed by atoms with Crippen LogP contribution in [0, 0.1) is 6.92 Å². The average Bonchev–Trinajstić information content (AvgIpc) is 2.39. The van der Waals surface area contributed by atoms with Crippen molar-refractivity contribution in [3.05, 3.63) is 71.3 Å². The zero-order valence-electron chi connectivity index (χ0n) is 9.76. The van der Waals surface area contributed by atoms with Gasteiger partial charge in [-0.05, 0) is 18.1 Å². The molecule has 1 unspecified atom stereocenters. The number of Topliss-reactive ketones (excluding diaryl/α,β-unsaturated/α-hetero) is 1. The van der Waals surface area contributed by atoms with Gasteiger partial charge in [-0.1, -0.05) is 54.6 Å². The second-order valence-corrected chi connectivity index (χ2v) is 4.07. The number of hydrogen-bond donors (Lipinski definition) is 1. The topological polar surface area (TPSA) is 43.1 Å². The van der Waals surface area contributed by atoms with E-state index in [1.807, 2.05) is 61.5 Å². The summed E-state index contributed by atoms with van der Waals surface area (Å²) < 4.78 is 0. The lowest BCUT2D eigenvalue weighted by Gasteiger charge is -2.12. The minimum atomic E-state index is -0.586. The van der Waals surface area contributed by atoms with Crippen LogP contribution in [0.25, 0.3) is 0 Å². The van der Waals surface area contributed by atoms with E-state index in [0.717, 1.165) is 11.1 Å². The smallest absolute Gasteiger partial charge is 0.184 e. The molecule has 2 nitrogen and oxygen atoms in total. The minimum absolute atomic E-state index is 0.0331. The fourth-order valence-electron chi connectivity index (χ4n) is 1.83. The van der Waals surface area contributed by atoms with E-state index in [1.54, 1.807) is 0 Å². The monoisotopic (exact) mass is 225 g/mol. The number of nitrogens with two attached hydrogens (primary N) is 1. The molecule has 2 rings (SSSR count). The van der Waals surface area contributed by atoms with Gasteiger partial charge < -0.3 is 5.73 Å². The van der Waals surface area contributed by atoms with E-state index in [1.165, 1.54) is 0 Å². The van der Waals surface area contributed by atoms with Gasteiger partial charge in [-0.15, -0.1) is 0 Å². The molecule has 2 aromatic rings. The van der Waals surface area contributed by atoms with Gasteiger partial charge in [-0.3, -0.25) is 4.79 Å². The maximum atomic E-state index is 12.2. The van der Waals surface area contributed by atoms with Crippen molar-refractivity contribution in [2.45, 2.75) is 13.0 Å². The Bertz CT molecular complexity index is 519. The van der Waals surface area contributed by atoms with Gasteiger partial charge in [0.25, 0.3) is 0 Å². The lowest BCUT2D eigenvalue weighted by Crippen LogP contribution is -2.22. The Labute approximate surface area is 101 Å². The number of benzene rings is 2. The van der Waals surface area contributed by atoms with E-state index >= 15 is 0 Å². The largest absolute Gasteiger partial charge is 0.318 e. The molecule has 2 N–H and O–H groups in total. The van der Waals surface area contributed by atoms with Crippen LogP contribution < -0.4 is 5.73 Å². The minimum Gasteiger partial charge on any atom is -0.318 e. The summed E-state index contributed by atoms with van der Waals surface area (Å²) in [4.78, 5) is 12.2. The van der Waals surface area contributed by atoms with Gasteiger partial charge in [-0.25, -0.2) is 0 Å². The van der Waals surface area contributed by atoms with Gasteiger partial charge in [0, 0.05) is 5.56 Å². The first kappa shape index (κ1) is 11.6. The zero-order valence-corrected chi connectivity index (χ0v) is 9.76. The molecule has 0 heterocycles. The number of aryl methyl sites for hydroxylation is 1. The van der Waals surface area contributed by atoms with Gasteiger partial charge in [0.1, 0.15) is 0 Å². The molecule has 0 radical (unpaired) electrons. The van der Waals surface area contributed by atoms with Crippen molar-refractivity contribution in [1.82, 2.24) is 0 Å².